The molecule has 1 unspecified atom stereocenters. The number of hydrogen-bond donors (Lipinski definition) is 2. The molecule has 1 aliphatic heterocycles. The largest absolute Gasteiger partial charge is 0.494 e. The van der Waals surface area contributed by atoms with Crippen LogP contribution in [0.25, 0.3) is 0 Å². The number of sulfonamides is 1. The van der Waals surface area contributed by atoms with E-state index in [0.29, 0.717) is 31.1 Å². The van der Waals surface area contributed by atoms with E-state index in [0.717, 1.165) is 11.3 Å². The number of anilines is 1. The molecule has 4 rings (SSSR count). The third kappa shape index (κ3) is 5.23. The smallest absolute Gasteiger partial charge is 0.263 e. The molecule has 1 amide bonds. The predicted molar refractivity (Wildman–Crippen MR) is 127 cm³/mol. The molecule has 1 aliphatic rings. The first-order valence-corrected chi connectivity index (χ1v) is 12.3. The van der Waals surface area contributed by atoms with Crippen molar-refractivity contribution in [2.75, 3.05) is 17.9 Å². The molecule has 0 bridgehead atoms. The third-order valence-electron chi connectivity index (χ3n) is 5.16. The lowest BCUT2D eigenvalue weighted by Crippen LogP contribution is -2.32. The van der Waals surface area contributed by atoms with Crippen LogP contribution in [0.1, 0.15) is 35.3 Å². The molecular weight excluding hydrogens is 464 g/mol. The van der Waals surface area contributed by atoms with Crippen molar-refractivity contribution in [2.24, 2.45) is 0 Å². The summed E-state index contributed by atoms with van der Waals surface area (Å²) in [5, 5.41) is 2.98. The summed E-state index contributed by atoms with van der Waals surface area (Å²) < 4.78 is 39.5. The number of carbonyl (C=O) groups is 1. The van der Waals surface area contributed by atoms with E-state index in [1.165, 1.54) is 18.2 Å². The number of hydrogen-bond acceptors (Lipinski definition) is 5. The molecule has 0 radical (unpaired) electrons. The van der Waals surface area contributed by atoms with Gasteiger partial charge in [0.15, 0.2) is 0 Å². The Kier molecular flexibility index (Phi) is 6.76. The van der Waals surface area contributed by atoms with Gasteiger partial charge in [-0.25, -0.2) is 8.42 Å². The Morgan fingerprint density at radius 1 is 1.12 bits per heavy atom. The number of carbonyl (C=O) groups excluding carboxylic acids is 1. The van der Waals surface area contributed by atoms with E-state index in [4.69, 9.17) is 21.1 Å². The summed E-state index contributed by atoms with van der Waals surface area (Å²) in [7, 11) is -4.03. The first-order valence-electron chi connectivity index (χ1n) is 10.4. The minimum absolute atomic E-state index is 0.0152. The molecule has 3 aromatic rings. The van der Waals surface area contributed by atoms with Gasteiger partial charge in [0.25, 0.3) is 15.9 Å². The Balaban J connectivity index is 1.54. The van der Waals surface area contributed by atoms with Gasteiger partial charge in [-0.1, -0.05) is 29.8 Å². The van der Waals surface area contributed by atoms with Crippen molar-refractivity contribution in [3.8, 4) is 11.5 Å². The SMILES string of the molecule is CCOc1ccc(NS(=O)(=O)c2cc(C(=O)NC3CCOc4ccccc43)ccc2Cl)cc1. The van der Waals surface area contributed by atoms with Gasteiger partial charge < -0.3 is 14.8 Å². The lowest BCUT2D eigenvalue weighted by Gasteiger charge is -2.26. The Morgan fingerprint density at radius 2 is 1.88 bits per heavy atom. The standard InChI is InChI=1S/C24H23ClN2O5S/c1-2-31-18-10-8-17(9-11-18)27-33(29,30)23-15-16(7-12-20(23)25)24(28)26-21-13-14-32-22-6-4-3-5-19(21)22/h3-12,15,21,27H,2,13-14H2,1H3,(H,26,28). The highest BCUT2D eigenvalue weighted by molar-refractivity contribution is 7.92. The topological polar surface area (TPSA) is 93.7 Å². The number of ether oxygens (including phenoxy) is 2. The van der Waals surface area contributed by atoms with Crippen molar-refractivity contribution in [2.45, 2.75) is 24.3 Å². The summed E-state index contributed by atoms with van der Waals surface area (Å²) in [5.41, 5.74) is 1.43. The van der Waals surface area contributed by atoms with Crippen molar-refractivity contribution in [1.29, 1.82) is 0 Å². The van der Waals surface area contributed by atoms with Gasteiger partial charge in [-0.3, -0.25) is 9.52 Å². The van der Waals surface area contributed by atoms with E-state index in [9.17, 15) is 13.2 Å². The number of nitrogens with one attached hydrogen (secondary N) is 2. The molecule has 1 atom stereocenters. The molecule has 172 valence electrons. The highest BCUT2D eigenvalue weighted by Gasteiger charge is 2.25. The van der Waals surface area contributed by atoms with Crippen molar-refractivity contribution < 1.29 is 22.7 Å². The first kappa shape index (κ1) is 22.9. The summed E-state index contributed by atoms with van der Waals surface area (Å²) in [6, 6.07) is 18.0. The molecule has 1 heterocycles. The van der Waals surface area contributed by atoms with E-state index in [1.807, 2.05) is 31.2 Å². The fourth-order valence-electron chi connectivity index (χ4n) is 3.58. The van der Waals surface area contributed by atoms with Gasteiger partial charge in [-0.15, -0.1) is 0 Å². The zero-order valence-corrected chi connectivity index (χ0v) is 19.4. The van der Waals surface area contributed by atoms with E-state index in [1.54, 1.807) is 24.3 Å². The fraction of sp³-hybridized carbons (Fsp3) is 0.208. The van der Waals surface area contributed by atoms with Gasteiger partial charge in [-0.2, -0.15) is 0 Å². The molecule has 0 aliphatic carbocycles. The molecule has 9 heteroatoms. The molecule has 2 N–H and O–H groups in total. The molecule has 0 aromatic heterocycles. The van der Waals surface area contributed by atoms with Crippen LogP contribution in [0.2, 0.25) is 5.02 Å². The molecule has 0 saturated heterocycles. The summed E-state index contributed by atoms with van der Waals surface area (Å²) in [6.07, 6.45) is 0.612. The highest BCUT2D eigenvalue weighted by Crippen LogP contribution is 2.32. The molecule has 0 saturated carbocycles. The van der Waals surface area contributed by atoms with Crippen LogP contribution in [0.4, 0.5) is 5.69 Å². The number of benzene rings is 3. The molecule has 0 spiro atoms. The first-order chi connectivity index (χ1) is 15.9. The van der Waals surface area contributed by atoms with Crippen molar-refractivity contribution in [3.63, 3.8) is 0 Å². The number of rotatable bonds is 7. The van der Waals surface area contributed by atoms with Crippen LogP contribution in [0.15, 0.2) is 71.6 Å². The monoisotopic (exact) mass is 486 g/mol. The minimum Gasteiger partial charge on any atom is -0.494 e. The van der Waals surface area contributed by atoms with E-state index >= 15 is 0 Å². The maximum atomic E-state index is 13.0. The number of para-hydroxylation sites is 1. The zero-order valence-electron chi connectivity index (χ0n) is 17.9. The Hall–Kier alpha value is -3.23. The molecule has 3 aromatic carbocycles. The maximum absolute atomic E-state index is 13.0. The molecular formula is C24H23ClN2O5S. The zero-order chi connectivity index (χ0) is 23.4. The molecule has 0 fully saturated rings. The minimum atomic E-state index is -4.03. The lowest BCUT2D eigenvalue weighted by atomic mass is 10.00. The van der Waals surface area contributed by atoms with Crippen LogP contribution in [-0.2, 0) is 10.0 Å². The second-order valence-electron chi connectivity index (χ2n) is 7.41. The summed E-state index contributed by atoms with van der Waals surface area (Å²) >= 11 is 6.19. The number of amides is 1. The van der Waals surface area contributed by atoms with Gasteiger partial charge in [-0.05, 0) is 55.5 Å². The van der Waals surface area contributed by atoms with Crippen LogP contribution in [0, 0.1) is 0 Å². The molecule has 7 nitrogen and oxygen atoms in total. The van der Waals surface area contributed by atoms with E-state index in [-0.39, 0.29) is 21.5 Å². The predicted octanol–water partition coefficient (Wildman–Crippen LogP) is 4.79. The fourth-order valence-corrected chi connectivity index (χ4v) is 5.17. The number of halogens is 1. The summed E-state index contributed by atoms with van der Waals surface area (Å²) in [6.45, 7) is 2.85. The van der Waals surface area contributed by atoms with Gasteiger partial charge >= 0.3 is 0 Å². The summed E-state index contributed by atoms with van der Waals surface area (Å²) in [5.74, 6) is 0.964. The Morgan fingerprint density at radius 3 is 2.64 bits per heavy atom. The van der Waals surface area contributed by atoms with Gasteiger partial charge in [0.1, 0.15) is 16.4 Å². The Bertz CT molecular complexity index is 1260. The average molecular weight is 487 g/mol. The highest BCUT2D eigenvalue weighted by atomic mass is 35.5. The van der Waals surface area contributed by atoms with E-state index in [2.05, 4.69) is 10.0 Å². The van der Waals surface area contributed by atoms with Gasteiger partial charge in [0, 0.05) is 23.2 Å². The Labute approximate surface area is 197 Å². The third-order valence-corrected chi connectivity index (χ3v) is 7.03. The second kappa shape index (κ2) is 9.72. The average Bonchev–Trinajstić information content (AvgIpc) is 2.81. The van der Waals surface area contributed by atoms with Crippen LogP contribution < -0.4 is 19.5 Å². The van der Waals surface area contributed by atoms with Gasteiger partial charge in [0.2, 0.25) is 0 Å². The lowest BCUT2D eigenvalue weighted by molar-refractivity contribution is 0.0924. The van der Waals surface area contributed by atoms with Crippen LogP contribution in [0.3, 0.4) is 0 Å². The van der Waals surface area contributed by atoms with E-state index < -0.39 is 15.9 Å². The quantitative estimate of drug-likeness (QED) is 0.500. The van der Waals surface area contributed by atoms with Crippen LogP contribution in [0.5, 0.6) is 11.5 Å². The summed E-state index contributed by atoms with van der Waals surface area (Å²) in [4.78, 5) is 12.8. The van der Waals surface area contributed by atoms with Crippen molar-refractivity contribution >= 4 is 33.2 Å². The van der Waals surface area contributed by atoms with Gasteiger partial charge in [0.05, 0.1) is 24.3 Å². The number of fused-ring (bicyclic) bond motifs is 1. The maximum Gasteiger partial charge on any atom is 0.263 e. The normalized spacial score (nSPS) is 15.2. The van der Waals surface area contributed by atoms with Crippen molar-refractivity contribution in [3.05, 3.63) is 82.9 Å². The van der Waals surface area contributed by atoms with Crippen LogP contribution in [-0.4, -0.2) is 27.5 Å². The van der Waals surface area contributed by atoms with Crippen molar-refractivity contribution in [1.82, 2.24) is 5.32 Å². The van der Waals surface area contributed by atoms with Crippen LogP contribution >= 0.6 is 11.6 Å². The molecule has 33 heavy (non-hydrogen) atoms. The second-order valence-corrected chi connectivity index (χ2v) is 9.47.